The Morgan fingerprint density at radius 2 is 1.06 bits per heavy atom. The van der Waals surface area contributed by atoms with E-state index in [4.69, 9.17) is 22.1 Å². The van der Waals surface area contributed by atoms with Crippen LogP contribution in [0.4, 0.5) is 0 Å². The molecule has 0 aliphatic heterocycles. The number of unbranched alkanes of at least 4 members (excludes halogenated alkanes) is 1. The van der Waals surface area contributed by atoms with Crippen molar-refractivity contribution in [1.82, 2.24) is 5.32 Å². The van der Waals surface area contributed by atoms with E-state index in [0.29, 0.717) is 23.6 Å². The summed E-state index contributed by atoms with van der Waals surface area (Å²) in [5.41, 5.74) is 11.6. The number of esters is 1. The van der Waals surface area contributed by atoms with Crippen LogP contribution in [0.3, 0.4) is 0 Å². The summed E-state index contributed by atoms with van der Waals surface area (Å²) in [4.78, 5) is 14.0. The second-order valence-electron chi connectivity index (χ2n) is 12.7. The molecule has 0 bridgehead atoms. The molecule has 0 saturated carbocycles. The van der Waals surface area contributed by atoms with Gasteiger partial charge in [-0.3, -0.25) is 10.1 Å². The summed E-state index contributed by atoms with van der Waals surface area (Å²) in [5, 5.41) is 4.43. The van der Waals surface area contributed by atoms with Crippen LogP contribution in [0.25, 0.3) is 0 Å². The van der Waals surface area contributed by atoms with E-state index in [2.05, 4.69) is 78.1 Å². The largest absolute Gasteiger partial charge is 0.443 e. The highest BCUT2D eigenvalue weighted by Crippen LogP contribution is 2.44. The van der Waals surface area contributed by atoms with Crippen LogP contribution in [0.5, 0.6) is 0 Å². The molecule has 6 rings (SSSR count). The van der Waals surface area contributed by atoms with Crippen molar-refractivity contribution in [3.05, 3.63) is 214 Å². The minimum atomic E-state index is -1.29. The number of hydrogen-bond donors (Lipinski definition) is 2. The number of nitrogens with one attached hydrogen (secondary N) is 1. The number of ether oxygens (including phenoxy) is 1. The maximum atomic E-state index is 14.0. The van der Waals surface area contributed by atoms with Gasteiger partial charge in [0.1, 0.15) is 6.04 Å². The van der Waals surface area contributed by atoms with Crippen molar-refractivity contribution >= 4 is 17.6 Å². The van der Waals surface area contributed by atoms with E-state index in [0.717, 1.165) is 46.2 Å². The number of carbonyl (C=O) groups excluding carboxylic acids is 1. The molecule has 0 saturated heterocycles. The molecule has 50 heavy (non-hydrogen) atoms. The molecule has 252 valence electrons. The SMILES string of the molecule is Cc1ccc(C(OC(=O)[C@@H](N)CCCCNC(c2ccccc2)(c2ccccc2)c2ccccc2)(c2ccccc2)c2ccccc2Cl)cc1. The Labute approximate surface area is 300 Å². The van der Waals surface area contributed by atoms with Crippen LogP contribution in [0, 0.1) is 6.92 Å². The fraction of sp³-hybridized carbons (Fsp3) is 0.178. The smallest absolute Gasteiger partial charge is 0.324 e. The maximum Gasteiger partial charge on any atom is 0.324 e. The molecule has 0 aliphatic rings. The summed E-state index contributed by atoms with van der Waals surface area (Å²) in [6.45, 7) is 2.74. The number of halogens is 1. The second-order valence-corrected chi connectivity index (χ2v) is 13.1. The molecule has 0 aromatic heterocycles. The molecule has 0 spiro atoms. The van der Waals surface area contributed by atoms with Crippen LogP contribution >= 0.6 is 11.6 Å². The Balaban J connectivity index is 1.22. The third kappa shape index (κ3) is 7.29. The number of aryl methyl sites for hydroxylation is 1. The average Bonchev–Trinajstić information content (AvgIpc) is 3.17. The second kappa shape index (κ2) is 16.1. The van der Waals surface area contributed by atoms with Crippen molar-refractivity contribution < 1.29 is 9.53 Å². The molecule has 6 aromatic carbocycles. The maximum absolute atomic E-state index is 14.0. The highest BCUT2D eigenvalue weighted by atomic mass is 35.5. The lowest BCUT2D eigenvalue weighted by molar-refractivity contribution is -0.155. The van der Waals surface area contributed by atoms with Crippen LogP contribution in [-0.2, 0) is 20.7 Å². The molecule has 0 fully saturated rings. The van der Waals surface area contributed by atoms with E-state index in [1.54, 1.807) is 0 Å². The first-order chi connectivity index (χ1) is 24.4. The Hall–Kier alpha value is -5.00. The number of rotatable bonds is 14. The third-order valence-electron chi connectivity index (χ3n) is 9.40. The molecular weight excluding hydrogens is 636 g/mol. The molecule has 0 radical (unpaired) electrons. The number of hydrogen-bond acceptors (Lipinski definition) is 4. The van der Waals surface area contributed by atoms with Gasteiger partial charge in [-0.25, -0.2) is 0 Å². The van der Waals surface area contributed by atoms with Crippen LogP contribution in [-0.4, -0.2) is 18.6 Å². The van der Waals surface area contributed by atoms with Gasteiger partial charge in [0.05, 0.1) is 5.54 Å². The van der Waals surface area contributed by atoms with Gasteiger partial charge < -0.3 is 10.5 Å². The van der Waals surface area contributed by atoms with Gasteiger partial charge in [0.2, 0.25) is 0 Å². The van der Waals surface area contributed by atoms with E-state index in [1.165, 1.54) is 0 Å². The molecule has 0 aliphatic carbocycles. The van der Waals surface area contributed by atoms with Crippen LogP contribution in [0.15, 0.2) is 170 Å². The molecule has 3 N–H and O–H groups in total. The molecule has 0 heterocycles. The highest BCUT2D eigenvalue weighted by molar-refractivity contribution is 6.31. The predicted octanol–water partition coefficient (Wildman–Crippen LogP) is 9.56. The zero-order valence-electron chi connectivity index (χ0n) is 28.3. The van der Waals surface area contributed by atoms with Crippen LogP contribution in [0.1, 0.15) is 58.2 Å². The fourth-order valence-corrected chi connectivity index (χ4v) is 7.11. The molecule has 2 atom stereocenters. The lowest BCUT2D eigenvalue weighted by Crippen LogP contribution is -2.45. The summed E-state index contributed by atoms with van der Waals surface area (Å²) in [6, 6.07) is 56.1. The molecule has 0 amide bonds. The molecule has 6 aromatic rings. The first-order valence-electron chi connectivity index (χ1n) is 17.2. The van der Waals surface area contributed by atoms with Crippen molar-refractivity contribution in [2.45, 2.75) is 43.4 Å². The molecule has 5 heteroatoms. The highest BCUT2D eigenvalue weighted by Gasteiger charge is 2.43. The molecule has 4 nitrogen and oxygen atoms in total. The van der Waals surface area contributed by atoms with Crippen molar-refractivity contribution in [2.75, 3.05) is 6.54 Å². The summed E-state index contributed by atoms with van der Waals surface area (Å²) in [7, 11) is 0. The minimum Gasteiger partial charge on any atom is -0.443 e. The van der Waals surface area contributed by atoms with Gasteiger partial charge in [0.15, 0.2) is 5.60 Å². The predicted molar refractivity (Wildman–Crippen MR) is 204 cm³/mol. The first-order valence-corrected chi connectivity index (χ1v) is 17.6. The summed E-state index contributed by atoms with van der Waals surface area (Å²) in [6.07, 6.45) is 2.00. The monoisotopic (exact) mass is 678 g/mol. The van der Waals surface area contributed by atoms with Crippen molar-refractivity contribution in [2.24, 2.45) is 5.73 Å². The van der Waals surface area contributed by atoms with Crippen LogP contribution < -0.4 is 11.1 Å². The van der Waals surface area contributed by atoms with E-state index in [9.17, 15) is 4.79 Å². The van der Waals surface area contributed by atoms with Crippen molar-refractivity contribution in [3.8, 4) is 0 Å². The first kappa shape index (κ1) is 34.8. The lowest BCUT2D eigenvalue weighted by atomic mass is 9.77. The van der Waals surface area contributed by atoms with Gasteiger partial charge in [-0.15, -0.1) is 0 Å². The normalized spacial score (nSPS) is 13.3. The molecule has 1 unspecified atom stereocenters. The fourth-order valence-electron chi connectivity index (χ4n) is 6.84. The van der Waals surface area contributed by atoms with Gasteiger partial charge in [-0.05, 0) is 49.1 Å². The Kier molecular flexibility index (Phi) is 11.2. The third-order valence-corrected chi connectivity index (χ3v) is 9.73. The van der Waals surface area contributed by atoms with Gasteiger partial charge in [0, 0.05) is 21.7 Å². The van der Waals surface area contributed by atoms with Gasteiger partial charge in [-0.1, -0.05) is 187 Å². The van der Waals surface area contributed by atoms with E-state index < -0.39 is 23.2 Å². The van der Waals surface area contributed by atoms with Gasteiger partial charge >= 0.3 is 5.97 Å². The number of benzene rings is 6. The summed E-state index contributed by atoms with van der Waals surface area (Å²) >= 11 is 6.86. The van der Waals surface area contributed by atoms with E-state index in [-0.39, 0.29) is 0 Å². The van der Waals surface area contributed by atoms with Gasteiger partial charge in [-0.2, -0.15) is 0 Å². The lowest BCUT2D eigenvalue weighted by Gasteiger charge is -2.37. The minimum absolute atomic E-state index is 0.469. The summed E-state index contributed by atoms with van der Waals surface area (Å²) < 4.78 is 6.60. The quantitative estimate of drug-likeness (QED) is 0.0684. The van der Waals surface area contributed by atoms with E-state index in [1.807, 2.05) is 104 Å². The van der Waals surface area contributed by atoms with Crippen LogP contribution in [0.2, 0.25) is 5.02 Å². The Bertz CT molecular complexity index is 1860. The Morgan fingerprint density at radius 3 is 1.56 bits per heavy atom. The number of nitrogens with two attached hydrogens (primary N) is 1. The zero-order chi connectivity index (χ0) is 34.8. The molecular formula is C45H43ClN2O2. The van der Waals surface area contributed by atoms with Crippen molar-refractivity contribution in [1.29, 1.82) is 0 Å². The Morgan fingerprint density at radius 1 is 0.620 bits per heavy atom. The topological polar surface area (TPSA) is 64.3 Å². The standard InChI is InChI=1S/C45H43ClN2O2/c1-34-29-31-39(32-30-34)45(38-24-12-5-13-25-38,40-26-14-15-27-41(40)46)50-43(49)42(47)28-16-17-33-48-44(35-18-6-2-7-19-35,36-20-8-3-9-21-36)37-22-10-4-11-23-37/h2-15,18-27,29-32,42,48H,16-17,28,33,47H2,1H3/t42-,45?/m0/s1. The van der Waals surface area contributed by atoms with Crippen molar-refractivity contribution in [3.63, 3.8) is 0 Å². The van der Waals surface area contributed by atoms with Gasteiger partial charge in [0.25, 0.3) is 0 Å². The average molecular weight is 679 g/mol. The number of carbonyl (C=O) groups is 1. The zero-order valence-corrected chi connectivity index (χ0v) is 29.1. The van der Waals surface area contributed by atoms with E-state index >= 15 is 0 Å². The summed E-state index contributed by atoms with van der Waals surface area (Å²) in [5.74, 6) is -0.477.